The normalized spacial score (nSPS) is 15.2. The van der Waals surface area contributed by atoms with Crippen LogP contribution in [0, 0.1) is 0 Å². The minimum atomic E-state index is -0.948. The maximum atomic E-state index is 12.5. The Kier molecular flexibility index (Phi) is 4.46. The summed E-state index contributed by atoms with van der Waals surface area (Å²) in [6.45, 7) is 0.192. The summed E-state index contributed by atoms with van der Waals surface area (Å²) in [6, 6.07) is 11.0. The lowest BCUT2D eigenvalue weighted by Crippen LogP contribution is -2.59. The van der Waals surface area contributed by atoms with E-state index in [2.05, 4.69) is 10.3 Å². The fourth-order valence-corrected chi connectivity index (χ4v) is 2.64. The number of anilines is 1. The number of aromatic nitrogens is 1. The molecule has 1 aliphatic rings. The minimum absolute atomic E-state index is 0.192. The smallest absolute Gasteiger partial charge is 0.332 e. The Balaban J connectivity index is 1.65. The molecule has 1 amide bonds. The first kappa shape index (κ1) is 16.0. The third kappa shape index (κ3) is 3.37. The summed E-state index contributed by atoms with van der Waals surface area (Å²) in [6.07, 6.45) is 4.90. The van der Waals surface area contributed by atoms with E-state index in [4.69, 9.17) is 10.5 Å². The lowest BCUT2D eigenvalue weighted by molar-refractivity contribution is -0.156. The number of carbonyl (C=O) groups excluding carboxylic acids is 2. The second-order valence-electron chi connectivity index (χ2n) is 5.96. The molecule has 3 rings (SSSR count). The van der Waals surface area contributed by atoms with Crippen LogP contribution in [0.2, 0.25) is 0 Å². The molecular weight excluding hydrogens is 306 g/mol. The monoisotopic (exact) mass is 325 g/mol. The van der Waals surface area contributed by atoms with E-state index in [9.17, 15) is 9.59 Å². The average Bonchev–Trinajstić information content (AvgIpc) is 2.56. The number of pyridine rings is 1. The largest absolute Gasteiger partial charge is 0.459 e. The Labute approximate surface area is 140 Å². The Morgan fingerprint density at radius 2 is 1.96 bits per heavy atom. The summed E-state index contributed by atoms with van der Waals surface area (Å²) in [5.74, 6) is -0.769. The van der Waals surface area contributed by atoms with Crippen LogP contribution in [0.3, 0.4) is 0 Å². The van der Waals surface area contributed by atoms with Gasteiger partial charge in [-0.25, -0.2) is 4.79 Å². The number of nitrogens with two attached hydrogens (primary N) is 1. The molecule has 0 bridgehead atoms. The Bertz CT molecular complexity index is 742. The van der Waals surface area contributed by atoms with Crippen molar-refractivity contribution < 1.29 is 14.3 Å². The number of benzene rings is 1. The number of nitrogens with one attached hydrogen (secondary N) is 1. The maximum absolute atomic E-state index is 12.5. The third-order valence-electron chi connectivity index (χ3n) is 4.18. The van der Waals surface area contributed by atoms with E-state index in [0.29, 0.717) is 24.1 Å². The van der Waals surface area contributed by atoms with Crippen molar-refractivity contribution in [2.24, 2.45) is 0 Å². The summed E-state index contributed by atoms with van der Waals surface area (Å²) in [4.78, 5) is 28.7. The van der Waals surface area contributed by atoms with Gasteiger partial charge in [-0.2, -0.15) is 0 Å². The lowest BCUT2D eigenvalue weighted by atomic mass is 9.76. The summed E-state index contributed by atoms with van der Waals surface area (Å²) in [7, 11) is 0. The summed E-state index contributed by atoms with van der Waals surface area (Å²) < 4.78 is 5.40. The molecule has 0 saturated heterocycles. The summed E-state index contributed by atoms with van der Waals surface area (Å²) >= 11 is 0. The molecule has 24 heavy (non-hydrogen) atoms. The van der Waals surface area contributed by atoms with Crippen molar-refractivity contribution >= 4 is 17.6 Å². The van der Waals surface area contributed by atoms with Crippen LogP contribution in [-0.4, -0.2) is 22.4 Å². The number of nitrogens with zero attached hydrogens (tertiary/aromatic N) is 1. The molecule has 0 aliphatic heterocycles. The second-order valence-corrected chi connectivity index (χ2v) is 5.96. The van der Waals surface area contributed by atoms with Crippen molar-refractivity contribution in [2.75, 3.05) is 5.73 Å². The van der Waals surface area contributed by atoms with Crippen LogP contribution in [0.1, 0.15) is 35.2 Å². The number of nitrogen functional groups attached to an aromatic ring is 1. The van der Waals surface area contributed by atoms with Crippen molar-refractivity contribution in [1.82, 2.24) is 10.3 Å². The van der Waals surface area contributed by atoms with Crippen molar-refractivity contribution in [1.29, 1.82) is 0 Å². The highest BCUT2D eigenvalue weighted by Gasteiger charge is 2.47. The number of rotatable bonds is 5. The number of hydrogen-bond donors (Lipinski definition) is 2. The van der Waals surface area contributed by atoms with Gasteiger partial charge in [-0.05, 0) is 30.9 Å². The van der Waals surface area contributed by atoms with Crippen molar-refractivity contribution in [3.63, 3.8) is 0 Å². The van der Waals surface area contributed by atoms with E-state index in [1.54, 1.807) is 0 Å². The van der Waals surface area contributed by atoms with Crippen LogP contribution < -0.4 is 11.1 Å². The molecule has 0 radical (unpaired) electrons. The quantitative estimate of drug-likeness (QED) is 0.821. The molecule has 3 N–H and O–H groups in total. The highest BCUT2D eigenvalue weighted by molar-refractivity contribution is 5.98. The van der Waals surface area contributed by atoms with Crippen molar-refractivity contribution in [2.45, 2.75) is 31.4 Å². The Hall–Kier alpha value is -2.89. The summed E-state index contributed by atoms with van der Waals surface area (Å²) in [5, 5.41) is 2.80. The van der Waals surface area contributed by atoms with E-state index >= 15 is 0 Å². The Morgan fingerprint density at radius 1 is 1.21 bits per heavy atom. The standard InChI is InChI=1S/C18H19N3O3/c19-15-9-14(10-20-11-15)16(22)21-18(7-4-8-18)17(23)24-12-13-5-2-1-3-6-13/h1-3,5-6,9-11H,4,7-8,12,19H2,(H,21,22). The van der Waals surface area contributed by atoms with Crippen LogP contribution in [0.25, 0.3) is 0 Å². The topological polar surface area (TPSA) is 94.3 Å². The molecule has 2 aromatic rings. The molecule has 0 atom stereocenters. The van der Waals surface area contributed by atoms with E-state index in [1.165, 1.54) is 18.5 Å². The van der Waals surface area contributed by atoms with Gasteiger partial charge < -0.3 is 15.8 Å². The predicted octanol–water partition coefficient (Wildman–Crippen LogP) is 2.06. The number of esters is 1. The van der Waals surface area contributed by atoms with Gasteiger partial charge in [0.2, 0.25) is 0 Å². The molecule has 1 fully saturated rings. The zero-order valence-electron chi connectivity index (χ0n) is 13.2. The Morgan fingerprint density at radius 3 is 2.58 bits per heavy atom. The molecular formula is C18H19N3O3. The third-order valence-corrected chi connectivity index (χ3v) is 4.18. The second kappa shape index (κ2) is 6.70. The van der Waals surface area contributed by atoms with Gasteiger partial charge in [0.25, 0.3) is 5.91 Å². The van der Waals surface area contributed by atoms with E-state index in [0.717, 1.165) is 12.0 Å². The highest BCUT2D eigenvalue weighted by atomic mass is 16.5. The fraction of sp³-hybridized carbons (Fsp3) is 0.278. The minimum Gasteiger partial charge on any atom is -0.459 e. The highest BCUT2D eigenvalue weighted by Crippen LogP contribution is 2.33. The van der Waals surface area contributed by atoms with Gasteiger partial charge in [-0.15, -0.1) is 0 Å². The van der Waals surface area contributed by atoms with Crippen LogP contribution in [0.5, 0.6) is 0 Å². The van der Waals surface area contributed by atoms with Crippen molar-refractivity contribution in [3.05, 3.63) is 59.9 Å². The molecule has 0 spiro atoms. The molecule has 1 aromatic heterocycles. The van der Waals surface area contributed by atoms with Crippen LogP contribution in [0.15, 0.2) is 48.8 Å². The lowest BCUT2D eigenvalue weighted by Gasteiger charge is -2.39. The molecule has 1 heterocycles. The first-order valence-electron chi connectivity index (χ1n) is 7.83. The average molecular weight is 325 g/mol. The van der Waals surface area contributed by atoms with Gasteiger partial charge >= 0.3 is 5.97 Å². The molecule has 1 aromatic carbocycles. The van der Waals surface area contributed by atoms with Gasteiger partial charge in [-0.3, -0.25) is 9.78 Å². The molecule has 0 unspecified atom stereocenters. The van der Waals surface area contributed by atoms with Gasteiger partial charge in [0.15, 0.2) is 0 Å². The zero-order valence-corrected chi connectivity index (χ0v) is 13.2. The van der Waals surface area contributed by atoms with Crippen LogP contribution >= 0.6 is 0 Å². The number of amides is 1. The van der Waals surface area contributed by atoms with Gasteiger partial charge in [0.05, 0.1) is 11.3 Å². The molecule has 6 nitrogen and oxygen atoms in total. The SMILES string of the molecule is Nc1cncc(C(=O)NC2(C(=O)OCc3ccccc3)CCC2)c1. The number of hydrogen-bond acceptors (Lipinski definition) is 5. The molecule has 1 aliphatic carbocycles. The maximum Gasteiger partial charge on any atom is 0.332 e. The first-order chi connectivity index (χ1) is 11.6. The van der Waals surface area contributed by atoms with Crippen LogP contribution in [-0.2, 0) is 16.1 Å². The van der Waals surface area contributed by atoms with Crippen molar-refractivity contribution in [3.8, 4) is 0 Å². The van der Waals surface area contributed by atoms with Gasteiger partial charge in [0.1, 0.15) is 12.1 Å². The fourth-order valence-electron chi connectivity index (χ4n) is 2.64. The first-order valence-corrected chi connectivity index (χ1v) is 7.83. The van der Waals surface area contributed by atoms with Crippen LogP contribution in [0.4, 0.5) is 5.69 Å². The number of carbonyl (C=O) groups is 2. The van der Waals surface area contributed by atoms with Gasteiger partial charge in [-0.1, -0.05) is 30.3 Å². The zero-order chi connectivity index (χ0) is 17.0. The van der Waals surface area contributed by atoms with E-state index < -0.39 is 11.5 Å². The van der Waals surface area contributed by atoms with E-state index in [-0.39, 0.29) is 12.5 Å². The summed E-state index contributed by atoms with van der Waals surface area (Å²) in [5.41, 5.74) is 6.34. The number of ether oxygens (including phenoxy) is 1. The molecule has 124 valence electrons. The van der Waals surface area contributed by atoms with E-state index in [1.807, 2.05) is 30.3 Å². The molecule has 1 saturated carbocycles. The van der Waals surface area contributed by atoms with Gasteiger partial charge in [0, 0.05) is 12.4 Å². The predicted molar refractivity (Wildman–Crippen MR) is 88.9 cm³/mol. The molecule has 6 heteroatoms.